The first-order valence-corrected chi connectivity index (χ1v) is 14.1. The van der Waals surface area contributed by atoms with E-state index in [9.17, 15) is 9.59 Å². The van der Waals surface area contributed by atoms with Gasteiger partial charge in [0.1, 0.15) is 11.8 Å². The van der Waals surface area contributed by atoms with Crippen LogP contribution in [0.4, 0.5) is 17.2 Å². The average molecular weight is 531 g/mol. The summed E-state index contributed by atoms with van der Waals surface area (Å²) in [6.45, 7) is 11.9. The fourth-order valence-electron chi connectivity index (χ4n) is 5.21. The molecule has 1 amide bonds. The van der Waals surface area contributed by atoms with Gasteiger partial charge in [0.25, 0.3) is 0 Å². The molecule has 1 N–H and O–H groups in total. The van der Waals surface area contributed by atoms with Crippen molar-refractivity contribution in [2.45, 2.75) is 39.4 Å². The maximum atomic E-state index is 11.7. The monoisotopic (exact) mass is 530 g/mol. The highest BCUT2D eigenvalue weighted by atomic mass is 16.1. The van der Waals surface area contributed by atoms with E-state index in [2.05, 4.69) is 71.2 Å². The first-order valence-electron chi connectivity index (χ1n) is 14.1. The van der Waals surface area contributed by atoms with Crippen molar-refractivity contribution in [3.63, 3.8) is 0 Å². The van der Waals surface area contributed by atoms with E-state index in [0.29, 0.717) is 13.0 Å². The van der Waals surface area contributed by atoms with Crippen LogP contribution in [-0.2, 0) is 16.0 Å². The molecule has 39 heavy (non-hydrogen) atoms. The standard InChI is InChI=1S/C29H40N6O2.CH3B/c1-3-24-4-6-26(7-5-24)34-15-10-25(11-16-34)23-33-17-19-35(20-18-33)28-9-8-27(22-31-28)32(2)14-12-29(37)30-13-21-36;1-2/h4-9,13,22,25H,3,10-12,14-20,23H2,1-2H3,(H,30,37);1H3. The van der Waals surface area contributed by atoms with Gasteiger partial charge in [-0.2, -0.15) is 0 Å². The zero-order chi connectivity index (χ0) is 28.0. The number of anilines is 3. The number of pyridine rings is 1. The normalized spacial score (nSPS) is 16.1. The van der Waals surface area contributed by atoms with Gasteiger partial charge in [-0.05, 0) is 55.0 Å². The number of nitrogens with one attached hydrogen (secondary N) is 1. The van der Waals surface area contributed by atoms with E-state index in [1.165, 1.54) is 37.5 Å². The van der Waals surface area contributed by atoms with Crippen LogP contribution in [0.2, 0.25) is 6.82 Å². The molecule has 8 nitrogen and oxygen atoms in total. The number of nitrogens with zero attached hydrogens (tertiary/aromatic N) is 5. The summed E-state index contributed by atoms with van der Waals surface area (Å²) >= 11 is 0. The van der Waals surface area contributed by atoms with E-state index in [1.807, 2.05) is 18.1 Å². The van der Waals surface area contributed by atoms with Gasteiger partial charge in [0.2, 0.25) is 5.91 Å². The molecule has 9 heteroatoms. The molecular formula is C30H43BN6O2. The van der Waals surface area contributed by atoms with Crippen LogP contribution in [0.5, 0.6) is 0 Å². The van der Waals surface area contributed by atoms with Gasteiger partial charge in [0.05, 0.1) is 25.9 Å². The molecule has 0 saturated carbocycles. The lowest BCUT2D eigenvalue weighted by atomic mass is 9.95. The van der Waals surface area contributed by atoms with Gasteiger partial charge in [0, 0.05) is 71.5 Å². The second-order valence-electron chi connectivity index (χ2n) is 10.1. The van der Waals surface area contributed by atoms with Crippen molar-refractivity contribution in [3.05, 3.63) is 54.4 Å². The Kier molecular flexibility index (Phi) is 12.4. The maximum absolute atomic E-state index is 11.7. The molecule has 2 fully saturated rings. The first kappa shape index (κ1) is 30.3. The lowest BCUT2D eigenvalue weighted by molar-refractivity contribution is -0.119. The molecule has 2 radical (unpaired) electrons. The van der Waals surface area contributed by atoms with Crippen LogP contribution < -0.4 is 20.0 Å². The minimum atomic E-state index is -0.204. The largest absolute Gasteiger partial charge is 0.373 e. The van der Waals surface area contributed by atoms with Crippen LogP contribution in [0.25, 0.3) is 0 Å². The summed E-state index contributed by atoms with van der Waals surface area (Å²) in [6, 6.07) is 13.2. The minimum Gasteiger partial charge on any atom is -0.373 e. The highest BCUT2D eigenvalue weighted by Gasteiger charge is 2.24. The Morgan fingerprint density at radius 1 is 1.05 bits per heavy atom. The lowest BCUT2D eigenvalue weighted by Crippen LogP contribution is -2.49. The summed E-state index contributed by atoms with van der Waals surface area (Å²) in [6.07, 6.45) is 6.79. The second-order valence-corrected chi connectivity index (χ2v) is 10.1. The Hall–Kier alpha value is -3.29. The van der Waals surface area contributed by atoms with Crippen LogP contribution in [-0.4, -0.2) is 89.0 Å². The number of amides is 1. The third-order valence-corrected chi connectivity index (χ3v) is 7.68. The smallest absolute Gasteiger partial charge is 0.226 e. The molecule has 1 aromatic carbocycles. The van der Waals surface area contributed by atoms with Crippen molar-refractivity contribution in [1.82, 2.24) is 15.2 Å². The summed E-state index contributed by atoms with van der Waals surface area (Å²) in [5.74, 6) is 3.13. The van der Waals surface area contributed by atoms with E-state index in [4.69, 9.17) is 4.98 Å². The quantitative estimate of drug-likeness (QED) is 0.374. The summed E-state index contributed by atoms with van der Waals surface area (Å²) in [4.78, 5) is 36.1. The average Bonchev–Trinajstić information content (AvgIpc) is 3.00. The molecule has 4 rings (SSSR count). The second kappa shape index (κ2) is 16.0. The molecule has 0 spiro atoms. The van der Waals surface area contributed by atoms with Crippen molar-refractivity contribution in [2.24, 2.45) is 5.92 Å². The summed E-state index contributed by atoms with van der Waals surface area (Å²) in [5.41, 5.74) is 3.74. The molecule has 2 aliphatic heterocycles. The fourth-order valence-corrected chi connectivity index (χ4v) is 5.21. The highest BCUT2D eigenvalue weighted by Crippen LogP contribution is 2.25. The lowest BCUT2D eigenvalue weighted by Gasteiger charge is -2.39. The van der Waals surface area contributed by atoms with Crippen LogP contribution in [0.1, 0.15) is 31.7 Å². The molecule has 0 bridgehead atoms. The SMILES string of the molecule is CCc1ccc(N2CCC(CN3CCN(c4ccc(N(C)CCC(=O)NC=C=O)cn4)CC3)CC2)cc1.[B]C. The van der Waals surface area contributed by atoms with Gasteiger partial charge in [-0.25, -0.2) is 9.78 Å². The van der Waals surface area contributed by atoms with Crippen molar-refractivity contribution in [3.8, 4) is 0 Å². The Bertz CT molecular complexity index is 1040. The Morgan fingerprint density at radius 2 is 1.74 bits per heavy atom. The fraction of sp³-hybridized carbons (Fsp3) is 0.533. The van der Waals surface area contributed by atoms with E-state index < -0.39 is 0 Å². The maximum Gasteiger partial charge on any atom is 0.226 e. The van der Waals surface area contributed by atoms with Gasteiger partial charge in [0.15, 0.2) is 0 Å². The van der Waals surface area contributed by atoms with Gasteiger partial charge in [-0.15, -0.1) is 0 Å². The summed E-state index contributed by atoms with van der Waals surface area (Å²) < 4.78 is 0. The molecule has 2 aromatic rings. The number of rotatable bonds is 10. The molecule has 2 saturated heterocycles. The number of benzene rings is 1. The third-order valence-electron chi connectivity index (χ3n) is 7.68. The summed E-state index contributed by atoms with van der Waals surface area (Å²) in [7, 11) is 6.44. The molecule has 0 aliphatic carbocycles. The van der Waals surface area contributed by atoms with Crippen molar-refractivity contribution >= 4 is 36.9 Å². The molecule has 0 unspecified atom stereocenters. The Morgan fingerprint density at radius 3 is 2.33 bits per heavy atom. The number of carbonyl (C=O) groups is 1. The van der Waals surface area contributed by atoms with Crippen LogP contribution >= 0.6 is 0 Å². The third kappa shape index (κ3) is 9.15. The van der Waals surface area contributed by atoms with E-state index >= 15 is 0 Å². The van der Waals surface area contributed by atoms with Crippen LogP contribution in [0, 0.1) is 5.92 Å². The Labute approximate surface area is 235 Å². The summed E-state index contributed by atoms with van der Waals surface area (Å²) in [5, 5.41) is 2.39. The molecular weight excluding hydrogens is 487 g/mol. The number of hydrogen-bond acceptors (Lipinski definition) is 7. The van der Waals surface area contributed by atoms with Gasteiger partial charge >= 0.3 is 0 Å². The van der Waals surface area contributed by atoms with E-state index in [1.54, 1.807) is 5.94 Å². The molecule has 2 aliphatic rings. The number of aromatic nitrogens is 1. The number of piperidine rings is 1. The van der Waals surface area contributed by atoms with Gasteiger partial charge < -0.3 is 20.0 Å². The van der Waals surface area contributed by atoms with Gasteiger partial charge in [-0.3, -0.25) is 9.69 Å². The number of carbonyl (C=O) groups excluding carboxylic acids is 2. The molecule has 0 atom stereocenters. The molecule has 208 valence electrons. The number of aryl methyl sites for hydroxylation is 1. The van der Waals surface area contributed by atoms with Crippen molar-refractivity contribution in [2.75, 3.05) is 74.1 Å². The van der Waals surface area contributed by atoms with E-state index in [0.717, 1.165) is 69.3 Å². The Balaban J connectivity index is 0.00000205. The predicted molar refractivity (Wildman–Crippen MR) is 162 cm³/mol. The first-order chi connectivity index (χ1) is 19.1. The highest BCUT2D eigenvalue weighted by molar-refractivity contribution is 6.05. The minimum absolute atomic E-state index is 0.204. The van der Waals surface area contributed by atoms with Crippen LogP contribution in [0.3, 0.4) is 0 Å². The number of piperazine rings is 1. The number of hydrogen-bond donors (Lipinski definition) is 1. The predicted octanol–water partition coefficient (Wildman–Crippen LogP) is 3.17. The van der Waals surface area contributed by atoms with Gasteiger partial charge in [-0.1, -0.05) is 25.9 Å². The van der Waals surface area contributed by atoms with Crippen LogP contribution in [0.15, 0.2) is 48.8 Å². The topological polar surface area (TPSA) is 72.0 Å². The zero-order valence-electron chi connectivity index (χ0n) is 23.8. The van der Waals surface area contributed by atoms with Crippen molar-refractivity contribution < 1.29 is 9.59 Å². The van der Waals surface area contributed by atoms with Crippen molar-refractivity contribution in [1.29, 1.82) is 0 Å². The van der Waals surface area contributed by atoms with E-state index in [-0.39, 0.29) is 5.91 Å². The molecule has 1 aromatic heterocycles. The molecule has 3 heterocycles. The zero-order valence-corrected chi connectivity index (χ0v) is 23.8.